The van der Waals surface area contributed by atoms with Gasteiger partial charge in [-0.15, -0.1) is 0 Å². The van der Waals surface area contributed by atoms with Gasteiger partial charge in [-0.2, -0.15) is 0 Å². The number of benzene rings is 5. The largest absolute Gasteiger partial charge is 0.488 e. The monoisotopic (exact) mass is 969 g/mol. The quantitative estimate of drug-likeness (QED) is 0.0941. The van der Waals surface area contributed by atoms with Crippen LogP contribution in [0.5, 0.6) is 0 Å². The summed E-state index contributed by atoms with van der Waals surface area (Å²) >= 11 is 0. The number of hydrogen-bond donors (Lipinski definition) is 4. The van der Waals surface area contributed by atoms with Gasteiger partial charge in [0, 0.05) is 39.3 Å². The number of nitrogens with zero attached hydrogens (tertiary/aromatic N) is 2. The van der Waals surface area contributed by atoms with Gasteiger partial charge in [0.05, 0.1) is 131 Å². The number of hydrogen-bond acceptors (Lipinski definition) is 16. The predicted octanol–water partition coefficient (Wildman–Crippen LogP) is 2.29. The molecule has 16 nitrogen and oxygen atoms in total. The summed E-state index contributed by atoms with van der Waals surface area (Å²) < 4.78 is 59.5. The fourth-order valence-corrected chi connectivity index (χ4v) is 8.99. The number of fused-ring (bicyclic) bond motifs is 2. The second-order valence-corrected chi connectivity index (χ2v) is 17.3. The first-order chi connectivity index (χ1) is 34.4. The summed E-state index contributed by atoms with van der Waals surface area (Å²) in [5.41, 5.74) is 4.67. The summed E-state index contributed by atoms with van der Waals surface area (Å²) in [6.07, 6.45) is -0.703. The topological polar surface area (TPSA) is 180 Å². The Morgan fingerprint density at radius 2 is 0.643 bits per heavy atom. The van der Waals surface area contributed by atoms with E-state index in [1.165, 1.54) is 0 Å². The van der Waals surface area contributed by atoms with E-state index < -0.39 is 14.2 Å². The van der Waals surface area contributed by atoms with Crippen molar-refractivity contribution in [1.82, 2.24) is 9.80 Å². The Labute approximate surface area is 412 Å². The van der Waals surface area contributed by atoms with Gasteiger partial charge in [-0.25, -0.2) is 0 Å². The molecule has 2 aliphatic rings. The Morgan fingerprint density at radius 1 is 0.357 bits per heavy atom. The van der Waals surface area contributed by atoms with E-state index in [1.54, 1.807) is 12.1 Å². The number of ether oxygens (including phenoxy) is 10. The molecule has 18 heteroatoms. The first-order valence-electron chi connectivity index (χ1n) is 24.5. The summed E-state index contributed by atoms with van der Waals surface area (Å²) in [5, 5.41) is 46.3. The van der Waals surface area contributed by atoms with Crippen molar-refractivity contribution in [2.24, 2.45) is 0 Å². The molecule has 0 spiro atoms. The zero-order valence-electron chi connectivity index (χ0n) is 40.3. The standard InChI is InChI=1S/C52H70B2N2O14/c57-53(58)51-15-7-1-9-41(51)33-55(35-43-39-67-27-25-63-19-17-61-21-23-65-29-31-69-43)37-49-45-11-3-5-13-47(45)50(48-14-6-4-12-46(48)49)38-56(34-42-10-2-8-16-52(42)54(59)60)36-44-40-68-28-26-64-20-18-62-22-24-66-30-32-70-44/h1-16,43-44,57-60H,17-40H2. The highest BCUT2D eigenvalue weighted by atomic mass is 16.6. The van der Waals surface area contributed by atoms with Crippen molar-refractivity contribution < 1.29 is 67.5 Å². The molecule has 2 heterocycles. The van der Waals surface area contributed by atoms with Gasteiger partial charge in [-0.1, -0.05) is 97.1 Å². The van der Waals surface area contributed by atoms with Crippen LogP contribution in [0, 0.1) is 0 Å². The number of rotatable bonds is 14. The highest BCUT2D eigenvalue weighted by Gasteiger charge is 2.26. The summed E-state index contributed by atoms with van der Waals surface area (Å²) in [7, 11) is -3.29. The third kappa shape index (κ3) is 17.1. The minimum atomic E-state index is -1.65. The third-order valence-electron chi connectivity index (χ3n) is 12.3. The lowest BCUT2D eigenvalue weighted by Crippen LogP contribution is -2.40. The average molecular weight is 969 g/mol. The minimum Gasteiger partial charge on any atom is -0.423 e. The lowest BCUT2D eigenvalue weighted by atomic mass is 9.77. The van der Waals surface area contributed by atoms with Crippen molar-refractivity contribution in [3.05, 3.63) is 119 Å². The molecule has 2 unspecified atom stereocenters. The molecule has 0 aliphatic carbocycles. The maximum Gasteiger partial charge on any atom is 0.488 e. The lowest BCUT2D eigenvalue weighted by Gasteiger charge is -2.31. The van der Waals surface area contributed by atoms with E-state index in [4.69, 9.17) is 47.4 Å². The predicted molar refractivity (Wildman–Crippen MR) is 268 cm³/mol. The van der Waals surface area contributed by atoms with Crippen LogP contribution in [-0.2, 0) is 73.5 Å². The van der Waals surface area contributed by atoms with Crippen LogP contribution in [0.1, 0.15) is 22.3 Å². The average Bonchev–Trinajstić information content (AvgIpc) is 3.38. The molecular formula is C52H70B2N2O14. The van der Waals surface area contributed by atoms with Crippen LogP contribution < -0.4 is 10.9 Å². The van der Waals surface area contributed by atoms with E-state index in [0.29, 0.717) is 169 Å². The van der Waals surface area contributed by atoms with Gasteiger partial charge in [0.15, 0.2) is 0 Å². The van der Waals surface area contributed by atoms with Gasteiger partial charge in [-0.3, -0.25) is 9.80 Å². The molecule has 2 saturated heterocycles. The Hall–Kier alpha value is -3.89. The van der Waals surface area contributed by atoms with E-state index >= 15 is 0 Å². The van der Waals surface area contributed by atoms with Crippen molar-refractivity contribution >= 4 is 46.7 Å². The van der Waals surface area contributed by atoms with Gasteiger partial charge in [0.2, 0.25) is 0 Å². The molecule has 7 rings (SSSR count). The van der Waals surface area contributed by atoms with Gasteiger partial charge in [0.25, 0.3) is 0 Å². The molecule has 0 aromatic heterocycles. The fourth-order valence-electron chi connectivity index (χ4n) is 8.99. The first kappa shape index (κ1) is 53.9. The lowest BCUT2D eigenvalue weighted by molar-refractivity contribution is -0.0585. The van der Waals surface area contributed by atoms with Crippen LogP contribution in [0.4, 0.5) is 0 Å². The van der Waals surface area contributed by atoms with Crippen molar-refractivity contribution in [3.63, 3.8) is 0 Å². The van der Waals surface area contributed by atoms with Gasteiger partial charge in [-0.05, 0) is 54.7 Å². The van der Waals surface area contributed by atoms with E-state index in [9.17, 15) is 20.1 Å². The minimum absolute atomic E-state index is 0.318. The second kappa shape index (κ2) is 30.2. The van der Waals surface area contributed by atoms with E-state index in [-0.39, 0.29) is 12.2 Å². The summed E-state index contributed by atoms with van der Waals surface area (Å²) in [6.45, 7) is 10.3. The Balaban J connectivity index is 1.24. The van der Waals surface area contributed by atoms with Crippen LogP contribution in [0.2, 0.25) is 0 Å². The highest BCUT2D eigenvalue weighted by molar-refractivity contribution is 6.59. The van der Waals surface area contributed by atoms with Crippen LogP contribution >= 0.6 is 0 Å². The molecule has 2 aliphatic heterocycles. The maximum atomic E-state index is 10.5. The van der Waals surface area contributed by atoms with Crippen molar-refractivity contribution in [2.75, 3.05) is 132 Å². The van der Waals surface area contributed by atoms with Crippen molar-refractivity contribution in [2.45, 2.75) is 38.4 Å². The molecule has 0 bridgehead atoms. The van der Waals surface area contributed by atoms with E-state index in [1.807, 2.05) is 36.4 Å². The Kier molecular flexibility index (Phi) is 23.3. The van der Waals surface area contributed by atoms with E-state index in [0.717, 1.165) is 43.8 Å². The van der Waals surface area contributed by atoms with Gasteiger partial charge < -0.3 is 67.5 Å². The van der Waals surface area contributed by atoms with Gasteiger partial charge >= 0.3 is 14.2 Å². The second-order valence-electron chi connectivity index (χ2n) is 17.3. The zero-order chi connectivity index (χ0) is 48.6. The molecule has 5 aromatic carbocycles. The molecule has 0 amide bonds. The van der Waals surface area contributed by atoms with Crippen LogP contribution in [0.25, 0.3) is 21.5 Å². The first-order valence-corrected chi connectivity index (χ1v) is 24.5. The summed E-state index contributed by atoms with van der Waals surface area (Å²) in [5.74, 6) is 0. The van der Waals surface area contributed by atoms with Crippen molar-refractivity contribution in [1.29, 1.82) is 0 Å². The summed E-state index contributed by atoms with van der Waals surface area (Å²) in [6, 6.07) is 31.7. The molecular weight excluding hydrogens is 898 g/mol. The van der Waals surface area contributed by atoms with Crippen LogP contribution in [0.15, 0.2) is 97.1 Å². The molecule has 378 valence electrons. The molecule has 2 atom stereocenters. The van der Waals surface area contributed by atoms with Crippen molar-refractivity contribution in [3.8, 4) is 0 Å². The maximum absolute atomic E-state index is 10.5. The molecule has 0 saturated carbocycles. The van der Waals surface area contributed by atoms with Gasteiger partial charge in [0.1, 0.15) is 0 Å². The van der Waals surface area contributed by atoms with E-state index in [2.05, 4.69) is 58.3 Å². The normalized spacial score (nSPS) is 19.6. The van der Waals surface area contributed by atoms with Crippen LogP contribution in [0.3, 0.4) is 0 Å². The highest BCUT2D eigenvalue weighted by Crippen LogP contribution is 2.35. The molecule has 70 heavy (non-hydrogen) atoms. The smallest absolute Gasteiger partial charge is 0.423 e. The summed E-state index contributed by atoms with van der Waals surface area (Å²) in [4.78, 5) is 4.58. The Bertz CT molecular complexity index is 2030. The molecule has 4 N–H and O–H groups in total. The SMILES string of the molecule is OB(O)c1ccccc1CN(Cc1c2ccccc2c(CN(Cc2ccccc2B(O)O)CC2COCCOCCOCCOCCO2)c2ccccc12)CC1COCCOCCOCCOCCO1. The fraction of sp³-hybridized carbons (Fsp3) is 0.500. The molecule has 5 aromatic rings. The zero-order valence-corrected chi connectivity index (χ0v) is 40.3. The Morgan fingerprint density at radius 3 is 0.971 bits per heavy atom. The third-order valence-corrected chi connectivity index (χ3v) is 12.3. The van der Waals surface area contributed by atoms with Crippen LogP contribution in [-0.4, -0.2) is 188 Å². The molecule has 0 radical (unpaired) electrons. The molecule has 2 fully saturated rings.